The maximum Gasteiger partial charge on any atom is 0.271 e. The summed E-state index contributed by atoms with van der Waals surface area (Å²) in [4.78, 5) is 11.9. The van der Waals surface area contributed by atoms with Crippen molar-refractivity contribution in [1.82, 2.24) is 5.43 Å². The van der Waals surface area contributed by atoms with Gasteiger partial charge in [0.05, 0.1) is 17.8 Å². The number of halogens is 1. The first-order valence-corrected chi connectivity index (χ1v) is 8.45. The second-order valence-electron chi connectivity index (χ2n) is 5.83. The fourth-order valence-electron chi connectivity index (χ4n) is 2.40. The van der Waals surface area contributed by atoms with Crippen molar-refractivity contribution in [2.45, 2.75) is 6.61 Å². The van der Waals surface area contributed by atoms with Crippen LogP contribution in [0.3, 0.4) is 0 Å². The van der Waals surface area contributed by atoms with Crippen molar-refractivity contribution in [1.29, 1.82) is 5.26 Å². The summed E-state index contributed by atoms with van der Waals surface area (Å²) in [5, 5.41) is 13.0. The van der Waals surface area contributed by atoms with Crippen molar-refractivity contribution < 1.29 is 13.9 Å². The molecule has 0 saturated heterocycles. The summed E-state index contributed by atoms with van der Waals surface area (Å²) < 4.78 is 18.6. The normalized spacial score (nSPS) is 10.4. The Hall–Kier alpha value is -3.98. The number of hydrogen-bond donors (Lipinski definition) is 1. The van der Waals surface area contributed by atoms with E-state index >= 15 is 0 Å². The monoisotopic (exact) mass is 373 g/mol. The number of nitrogens with zero attached hydrogens (tertiary/aromatic N) is 2. The maximum atomic E-state index is 12.9. The zero-order chi connectivity index (χ0) is 19.8. The van der Waals surface area contributed by atoms with Gasteiger partial charge in [-0.2, -0.15) is 10.4 Å². The zero-order valence-electron chi connectivity index (χ0n) is 14.8. The Bertz CT molecular complexity index is 1020. The summed E-state index contributed by atoms with van der Waals surface area (Å²) in [5.41, 5.74) is 4.88. The largest absolute Gasteiger partial charge is 0.489 e. The molecule has 0 spiro atoms. The van der Waals surface area contributed by atoms with Crippen molar-refractivity contribution in [3.63, 3.8) is 0 Å². The average Bonchev–Trinajstić information content (AvgIpc) is 2.73. The predicted octanol–water partition coefficient (Wildman–Crippen LogP) is 4.04. The Kier molecular flexibility index (Phi) is 6.11. The summed E-state index contributed by atoms with van der Waals surface area (Å²) in [7, 11) is 0. The first kappa shape index (κ1) is 18.8. The van der Waals surface area contributed by atoms with E-state index < -0.39 is 11.7 Å². The average molecular weight is 373 g/mol. The summed E-state index contributed by atoms with van der Waals surface area (Å²) in [6.07, 6.45) is 1.50. The van der Waals surface area contributed by atoms with E-state index in [1.807, 2.05) is 18.2 Å². The van der Waals surface area contributed by atoms with Crippen LogP contribution in [0.1, 0.15) is 27.0 Å². The molecule has 0 aliphatic carbocycles. The molecule has 0 aliphatic rings. The van der Waals surface area contributed by atoms with Gasteiger partial charge in [-0.3, -0.25) is 4.79 Å². The SMILES string of the molecule is N#Cc1ccccc1COc1ccc(/C=N\NC(=O)c2ccc(F)cc2)cc1. The summed E-state index contributed by atoms with van der Waals surface area (Å²) >= 11 is 0. The van der Waals surface area contributed by atoms with E-state index in [1.165, 1.54) is 30.5 Å². The first-order chi connectivity index (χ1) is 13.7. The quantitative estimate of drug-likeness (QED) is 0.523. The number of ether oxygens (including phenoxy) is 1. The molecule has 3 aromatic rings. The molecule has 0 unspecified atom stereocenters. The Morgan fingerprint density at radius 2 is 1.79 bits per heavy atom. The molecule has 3 rings (SSSR count). The number of carbonyl (C=O) groups is 1. The predicted molar refractivity (Wildman–Crippen MR) is 103 cm³/mol. The molecule has 1 amide bonds. The molecule has 0 aliphatic heterocycles. The molecular formula is C22H16FN3O2. The van der Waals surface area contributed by atoms with Crippen molar-refractivity contribution in [3.8, 4) is 11.8 Å². The molecule has 0 saturated carbocycles. The molecule has 0 fully saturated rings. The van der Waals surface area contributed by atoms with Crippen LogP contribution in [0, 0.1) is 17.1 Å². The fourth-order valence-corrected chi connectivity index (χ4v) is 2.40. The lowest BCUT2D eigenvalue weighted by Gasteiger charge is -2.07. The molecule has 0 radical (unpaired) electrons. The van der Waals surface area contributed by atoms with Crippen molar-refractivity contribution in [2.75, 3.05) is 0 Å². The van der Waals surface area contributed by atoms with Crippen LogP contribution < -0.4 is 10.2 Å². The van der Waals surface area contributed by atoms with Gasteiger partial charge >= 0.3 is 0 Å². The second-order valence-corrected chi connectivity index (χ2v) is 5.83. The highest BCUT2D eigenvalue weighted by Gasteiger charge is 2.04. The third-order valence-electron chi connectivity index (χ3n) is 3.90. The van der Waals surface area contributed by atoms with Crippen LogP contribution in [0.25, 0.3) is 0 Å². The number of nitriles is 1. The van der Waals surface area contributed by atoms with Gasteiger partial charge in [0.2, 0.25) is 0 Å². The molecule has 3 aromatic carbocycles. The minimum absolute atomic E-state index is 0.297. The summed E-state index contributed by atoms with van der Waals surface area (Å²) in [6, 6.07) is 21.7. The Morgan fingerprint density at radius 1 is 1.07 bits per heavy atom. The number of rotatable bonds is 6. The summed E-state index contributed by atoms with van der Waals surface area (Å²) in [6.45, 7) is 0.297. The minimum Gasteiger partial charge on any atom is -0.489 e. The van der Waals surface area contributed by atoms with Gasteiger partial charge in [0, 0.05) is 11.1 Å². The van der Waals surface area contributed by atoms with E-state index in [0.29, 0.717) is 23.5 Å². The molecule has 138 valence electrons. The van der Waals surface area contributed by atoms with Gasteiger partial charge < -0.3 is 4.74 Å². The van der Waals surface area contributed by atoms with E-state index in [2.05, 4.69) is 16.6 Å². The topological polar surface area (TPSA) is 74.5 Å². The lowest BCUT2D eigenvalue weighted by molar-refractivity contribution is 0.0955. The van der Waals surface area contributed by atoms with Gasteiger partial charge in [0.1, 0.15) is 18.2 Å². The lowest BCUT2D eigenvalue weighted by atomic mass is 10.1. The fraction of sp³-hybridized carbons (Fsp3) is 0.0455. The Morgan fingerprint density at radius 3 is 2.50 bits per heavy atom. The molecule has 0 bridgehead atoms. The number of carbonyl (C=O) groups excluding carboxylic acids is 1. The van der Waals surface area contributed by atoms with Crippen LogP contribution in [0.2, 0.25) is 0 Å². The van der Waals surface area contributed by atoms with Crippen LogP contribution >= 0.6 is 0 Å². The molecule has 28 heavy (non-hydrogen) atoms. The van der Waals surface area contributed by atoms with E-state index in [1.54, 1.807) is 30.3 Å². The maximum absolute atomic E-state index is 12.9. The second kappa shape index (κ2) is 9.10. The first-order valence-electron chi connectivity index (χ1n) is 8.45. The van der Waals surface area contributed by atoms with E-state index in [9.17, 15) is 9.18 Å². The Labute approximate surface area is 161 Å². The van der Waals surface area contributed by atoms with E-state index in [4.69, 9.17) is 10.00 Å². The number of amides is 1. The molecule has 0 aromatic heterocycles. The van der Waals surface area contributed by atoms with Crippen molar-refractivity contribution in [3.05, 3.63) is 101 Å². The lowest BCUT2D eigenvalue weighted by Crippen LogP contribution is -2.17. The third-order valence-corrected chi connectivity index (χ3v) is 3.90. The zero-order valence-corrected chi connectivity index (χ0v) is 14.8. The number of hydrogen-bond acceptors (Lipinski definition) is 4. The van der Waals surface area contributed by atoms with E-state index in [0.717, 1.165) is 11.1 Å². The van der Waals surface area contributed by atoms with Crippen LogP contribution in [-0.4, -0.2) is 12.1 Å². The molecule has 0 heterocycles. The van der Waals surface area contributed by atoms with Crippen LogP contribution in [-0.2, 0) is 6.61 Å². The molecular weight excluding hydrogens is 357 g/mol. The number of hydrazone groups is 1. The van der Waals surface area contributed by atoms with Gasteiger partial charge in [0.15, 0.2) is 0 Å². The number of nitrogens with one attached hydrogen (secondary N) is 1. The molecule has 0 atom stereocenters. The van der Waals surface area contributed by atoms with Crippen LogP contribution in [0.4, 0.5) is 4.39 Å². The third kappa shape index (κ3) is 5.02. The van der Waals surface area contributed by atoms with Crippen LogP contribution in [0.15, 0.2) is 77.9 Å². The van der Waals surface area contributed by atoms with E-state index in [-0.39, 0.29) is 0 Å². The highest BCUT2D eigenvalue weighted by molar-refractivity contribution is 5.94. The van der Waals surface area contributed by atoms with Crippen molar-refractivity contribution >= 4 is 12.1 Å². The van der Waals surface area contributed by atoms with Gasteiger partial charge in [0.25, 0.3) is 5.91 Å². The van der Waals surface area contributed by atoms with Gasteiger partial charge in [-0.15, -0.1) is 0 Å². The molecule has 5 nitrogen and oxygen atoms in total. The Balaban J connectivity index is 1.54. The van der Waals surface area contributed by atoms with Gasteiger partial charge in [-0.1, -0.05) is 18.2 Å². The number of benzene rings is 3. The standard InChI is InChI=1S/C22H16FN3O2/c23-20-9-7-17(8-10-20)22(27)26-25-14-16-5-11-21(12-6-16)28-15-19-4-2-1-3-18(19)13-24/h1-12,14H,15H2,(H,26,27)/b25-14-. The molecule has 6 heteroatoms. The van der Waals surface area contributed by atoms with Crippen LogP contribution in [0.5, 0.6) is 5.75 Å². The van der Waals surface area contributed by atoms with Gasteiger partial charge in [-0.25, -0.2) is 9.82 Å². The highest BCUT2D eigenvalue weighted by Crippen LogP contribution is 2.15. The summed E-state index contributed by atoms with van der Waals surface area (Å²) in [5.74, 6) is -0.175. The smallest absolute Gasteiger partial charge is 0.271 e. The van der Waals surface area contributed by atoms with Gasteiger partial charge in [-0.05, 0) is 60.2 Å². The van der Waals surface area contributed by atoms with Crippen molar-refractivity contribution in [2.24, 2.45) is 5.10 Å². The minimum atomic E-state index is -0.424. The highest BCUT2D eigenvalue weighted by atomic mass is 19.1. The molecule has 1 N–H and O–H groups in total.